The van der Waals surface area contributed by atoms with Gasteiger partial charge in [-0.15, -0.1) is 0 Å². The molecule has 1 aliphatic rings. The molecule has 3 heteroatoms. The maximum atomic E-state index is 11.9. The van der Waals surface area contributed by atoms with E-state index >= 15 is 0 Å². The summed E-state index contributed by atoms with van der Waals surface area (Å²) in [5.74, 6) is 0.175. The summed E-state index contributed by atoms with van der Waals surface area (Å²) in [6.45, 7) is 5.65. The molecule has 0 fully saturated rings. The maximum absolute atomic E-state index is 11.9. The zero-order chi connectivity index (χ0) is 11.5. The Bertz CT molecular complexity index is 268. The van der Waals surface area contributed by atoms with E-state index in [9.17, 15) is 4.79 Å². The van der Waals surface area contributed by atoms with E-state index in [1.54, 1.807) is 6.92 Å². The van der Waals surface area contributed by atoms with E-state index in [4.69, 9.17) is 5.26 Å². The molecule has 0 radical (unpaired) electrons. The van der Waals surface area contributed by atoms with E-state index in [2.05, 4.69) is 4.89 Å². The van der Waals surface area contributed by atoms with Crippen LogP contribution in [0.1, 0.15) is 46.5 Å². The highest BCUT2D eigenvalue weighted by atomic mass is 17.1. The number of carbonyl (C=O) groups is 1. The fourth-order valence-electron chi connectivity index (χ4n) is 1.87. The van der Waals surface area contributed by atoms with Crippen molar-refractivity contribution in [1.82, 2.24) is 0 Å². The lowest BCUT2D eigenvalue weighted by Crippen LogP contribution is -2.39. The molecule has 3 nitrogen and oxygen atoms in total. The number of rotatable bonds is 3. The monoisotopic (exact) mass is 212 g/mol. The Morgan fingerprint density at radius 3 is 2.67 bits per heavy atom. The molecule has 0 amide bonds. The SMILES string of the molecule is CC(C)[C@@](C)(OO)C1=CCCCCC1=O. The van der Waals surface area contributed by atoms with Crippen LogP contribution in [0.25, 0.3) is 0 Å². The van der Waals surface area contributed by atoms with Gasteiger partial charge in [0.15, 0.2) is 5.78 Å². The summed E-state index contributed by atoms with van der Waals surface area (Å²) < 4.78 is 0. The number of Topliss-reactive ketones (excluding diaryl/α,β-unsaturated/α-hetero) is 1. The summed E-state index contributed by atoms with van der Waals surface area (Å²) in [7, 11) is 0. The van der Waals surface area contributed by atoms with Crippen LogP contribution in [0, 0.1) is 5.92 Å². The highest BCUT2D eigenvalue weighted by molar-refractivity contribution is 5.97. The molecule has 0 saturated heterocycles. The van der Waals surface area contributed by atoms with Crippen molar-refractivity contribution in [2.75, 3.05) is 0 Å². The molecule has 1 aliphatic carbocycles. The van der Waals surface area contributed by atoms with Crippen LogP contribution < -0.4 is 0 Å². The van der Waals surface area contributed by atoms with Gasteiger partial charge in [0.05, 0.1) is 0 Å². The second kappa shape index (κ2) is 4.90. The fraction of sp³-hybridized carbons (Fsp3) is 0.750. The minimum Gasteiger partial charge on any atom is -0.294 e. The molecule has 0 bridgehead atoms. The second-order valence-electron chi connectivity index (χ2n) is 4.64. The molecule has 0 unspecified atom stereocenters. The van der Waals surface area contributed by atoms with Crippen molar-refractivity contribution in [1.29, 1.82) is 0 Å². The molecular formula is C12H20O3. The summed E-state index contributed by atoms with van der Waals surface area (Å²) in [6.07, 6.45) is 5.35. The van der Waals surface area contributed by atoms with Crippen molar-refractivity contribution in [3.8, 4) is 0 Å². The standard InChI is InChI=1S/C12H20O3/c1-9(2)12(3,15-14)10-7-5-4-6-8-11(10)13/h7,9,14H,4-6,8H2,1-3H3/t12-/m1/s1. The molecule has 0 aromatic rings. The van der Waals surface area contributed by atoms with E-state index in [1.807, 2.05) is 19.9 Å². The second-order valence-corrected chi connectivity index (χ2v) is 4.64. The van der Waals surface area contributed by atoms with Crippen LogP contribution in [0.3, 0.4) is 0 Å². The minimum atomic E-state index is -0.860. The quantitative estimate of drug-likeness (QED) is 0.578. The molecule has 0 aromatic carbocycles. The Morgan fingerprint density at radius 1 is 1.47 bits per heavy atom. The predicted molar refractivity (Wildman–Crippen MR) is 58.5 cm³/mol. The molecule has 1 rings (SSSR count). The Morgan fingerprint density at radius 2 is 2.13 bits per heavy atom. The normalized spacial score (nSPS) is 22.2. The van der Waals surface area contributed by atoms with Crippen LogP contribution in [-0.2, 0) is 9.68 Å². The van der Waals surface area contributed by atoms with Gasteiger partial charge >= 0.3 is 0 Å². The molecule has 1 atom stereocenters. The van der Waals surface area contributed by atoms with Gasteiger partial charge in [0.1, 0.15) is 5.60 Å². The predicted octanol–water partition coefficient (Wildman–Crippen LogP) is 2.96. The highest BCUT2D eigenvalue weighted by Gasteiger charge is 2.38. The fourth-order valence-corrected chi connectivity index (χ4v) is 1.87. The third-order valence-corrected chi connectivity index (χ3v) is 3.33. The Kier molecular flexibility index (Phi) is 4.05. The molecule has 86 valence electrons. The largest absolute Gasteiger partial charge is 0.294 e. The summed E-state index contributed by atoms with van der Waals surface area (Å²) in [5, 5.41) is 9.02. The van der Waals surface area contributed by atoms with Crippen LogP contribution in [0.5, 0.6) is 0 Å². The van der Waals surface area contributed by atoms with Gasteiger partial charge in [0, 0.05) is 12.0 Å². The molecule has 0 heterocycles. The van der Waals surface area contributed by atoms with Crippen molar-refractivity contribution in [3.63, 3.8) is 0 Å². The number of carbonyl (C=O) groups excluding carboxylic acids is 1. The van der Waals surface area contributed by atoms with Crippen LogP contribution >= 0.6 is 0 Å². The first-order valence-electron chi connectivity index (χ1n) is 5.58. The van der Waals surface area contributed by atoms with Crippen LogP contribution in [0.4, 0.5) is 0 Å². The van der Waals surface area contributed by atoms with Crippen LogP contribution in [0.15, 0.2) is 11.6 Å². The summed E-state index contributed by atoms with van der Waals surface area (Å²) in [4.78, 5) is 16.4. The van der Waals surface area contributed by atoms with Crippen molar-refractivity contribution in [2.45, 2.75) is 52.1 Å². The van der Waals surface area contributed by atoms with E-state index in [0.29, 0.717) is 12.0 Å². The van der Waals surface area contributed by atoms with Gasteiger partial charge in [-0.25, -0.2) is 4.89 Å². The van der Waals surface area contributed by atoms with Crippen molar-refractivity contribution in [3.05, 3.63) is 11.6 Å². The molecule has 0 aliphatic heterocycles. The Labute approximate surface area is 91.1 Å². The number of allylic oxidation sites excluding steroid dienone is 1. The first kappa shape index (κ1) is 12.4. The number of hydrogen-bond donors (Lipinski definition) is 1. The van der Waals surface area contributed by atoms with Gasteiger partial charge in [-0.05, 0) is 32.1 Å². The molecule has 15 heavy (non-hydrogen) atoms. The average Bonchev–Trinajstić information content (AvgIpc) is 2.41. The summed E-state index contributed by atoms with van der Waals surface area (Å²) in [6, 6.07) is 0. The minimum absolute atomic E-state index is 0.0656. The van der Waals surface area contributed by atoms with Crippen LogP contribution in [0.2, 0.25) is 0 Å². The van der Waals surface area contributed by atoms with E-state index in [-0.39, 0.29) is 11.7 Å². The first-order valence-corrected chi connectivity index (χ1v) is 5.58. The van der Waals surface area contributed by atoms with Crippen molar-refractivity contribution >= 4 is 5.78 Å². The molecule has 0 spiro atoms. The topological polar surface area (TPSA) is 46.5 Å². The van der Waals surface area contributed by atoms with E-state index in [1.165, 1.54) is 0 Å². The van der Waals surface area contributed by atoms with Gasteiger partial charge in [-0.1, -0.05) is 19.9 Å². The smallest absolute Gasteiger partial charge is 0.161 e. The van der Waals surface area contributed by atoms with E-state index in [0.717, 1.165) is 19.3 Å². The molecule has 0 aromatic heterocycles. The third kappa shape index (κ3) is 2.47. The molecule has 0 saturated carbocycles. The van der Waals surface area contributed by atoms with E-state index < -0.39 is 5.60 Å². The summed E-state index contributed by atoms with van der Waals surface area (Å²) in [5.41, 5.74) is -0.223. The Balaban J connectivity index is 3.00. The van der Waals surface area contributed by atoms with Crippen LogP contribution in [-0.4, -0.2) is 16.6 Å². The average molecular weight is 212 g/mol. The van der Waals surface area contributed by atoms with Gasteiger partial charge in [-0.3, -0.25) is 10.1 Å². The summed E-state index contributed by atoms with van der Waals surface area (Å²) >= 11 is 0. The third-order valence-electron chi connectivity index (χ3n) is 3.33. The number of hydrogen-bond acceptors (Lipinski definition) is 3. The lowest BCUT2D eigenvalue weighted by molar-refractivity contribution is -0.316. The van der Waals surface area contributed by atoms with Crippen molar-refractivity contribution < 1.29 is 14.9 Å². The van der Waals surface area contributed by atoms with Gasteiger partial charge in [0.2, 0.25) is 0 Å². The zero-order valence-electron chi connectivity index (χ0n) is 9.75. The lowest BCUT2D eigenvalue weighted by atomic mass is 9.82. The van der Waals surface area contributed by atoms with Gasteiger partial charge in [-0.2, -0.15) is 0 Å². The number of ketones is 1. The van der Waals surface area contributed by atoms with Gasteiger partial charge in [0.25, 0.3) is 0 Å². The van der Waals surface area contributed by atoms with Gasteiger partial charge < -0.3 is 0 Å². The van der Waals surface area contributed by atoms with Crippen molar-refractivity contribution in [2.24, 2.45) is 5.92 Å². The zero-order valence-corrected chi connectivity index (χ0v) is 9.75. The lowest BCUT2D eigenvalue weighted by Gasteiger charge is -2.31. The first-order chi connectivity index (χ1) is 7.02. The highest BCUT2D eigenvalue weighted by Crippen LogP contribution is 2.32. The Hall–Kier alpha value is -0.670. The molecule has 1 N–H and O–H groups in total. The maximum Gasteiger partial charge on any atom is 0.161 e. The molecular weight excluding hydrogens is 192 g/mol.